The van der Waals surface area contributed by atoms with E-state index in [4.69, 9.17) is 25.8 Å². The van der Waals surface area contributed by atoms with Crippen molar-refractivity contribution in [2.24, 2.45) is 0 Å². The molecule has 1 heterocycles. The highest BCUT2D eigenvalue weighted by Gasteiger charge is 2.31. The molecule has 12 nitrogen and oxygen atoms in total. The van der Waals surface area contributed by atoms with E-state index in [-0.39, 0.29) is 30.3 Å². The first kappa shape index (κ1) is 37.6. The van der Waals surface area contributed by atoms with E-state index in [0.29, 0.717) is 24.9 Å². The second-order valence-electron chi connectivity index (χ2n) is 13.0. The van der Waals surface area contributed by atoms with Crippen LogP contribution in [0.1, 0.15) is 105 Å². The van der Waals surface area contributed by atoms with E-state index in [2.05, 4.69) is 20.9 Å². The molecule has 0 aliphatic carbocycles. The SMILES string of the molecule is CC(C)(C)OC(=O)CCC(NC(=O)NC(CCCCNC(=O)c1ccc(Cl)nc1)C(=O)OC(C)(C)C)C(=O)OC(C)(C)C. The quantitative estimate of drug-likeness (QED) is 0.124. The maximum atomic E-state index is 13.0. The molecule has 13 heteroatoms. The Kier molecular flexibility index (Phi) is 14.4. The van der Waals surface area contributed by atoms with Gasteiger partial charge < -0.3 is 30.2 Å². The average Bonchev–Trinajstić information content (AvgIpc) is 2.82. The van der Waals surface area contributed by atoms with Crippen LogP contribution in [0.25, 0.3) is 0 Å². The molecule has 0 fully saturated rings. The van der Waals surface area contributed by atoms with Gasteiger partial charge >= 0.3 is 23.9 Å². The molecule has 0 radical (unpaired) electrons. The van der Waals surface area contributed by atoms with Crippen molar-refractivity contribution in [2.45, 2.75) is 123 Å². The van der Waals surface area contributed by atoms with Crippen LogP contribution in [0.2, 0.25) is 5.15 Å². The third-order valence-corrected chi connectivity index (χ3v) is 5.47. The number of carbonyl (C=O) groups excluding carboxylic acids is 5. The first-order valence-corrected chi connectivity index (χ1v) is 14.7. The molecule has 43 heavy (non-hydrogen) atoms. The lowest BCUT2D eigenvalue weighted by atomic mass is 10.1. The molecule has 0 aliphatic heterocycles. The van der Waals surface area contributed by atoms with Gasteiger partial charge in [0.1, 0.15) is 34.0 Å². The number of nitrogens with one attached hydrogen (secondary N) is 3. The number of pyridine rings is 1. The van der Waals surface area contributed by atoms with Gasteiger partial charge in [-0.15, -0.1) is 0 Å². The summed E-state index contributed by atoms with van der Waals surface area (Å²) >= 11 is 5.75. The number of ether oxygens (including phenoxy) is 3. The standard InChI is InChI=1S/C30H47ClN4O8/c1-28(2,3)41-23(36)16-14-21(26(39)43-30(7,8)9)35-27(40)34-20(25(38)42-29(4,5)6)12-10-11-17-32-24(37)19-13-15-22(31)33-18-19/h13,15,18,20-21H,10-12,14,16-17H2,1-9H3,(H,32,37)(H2,34,35,40). The van der Waals surface area contributed by atoms with Gasteiger partial charge in [0.15, 0.2) is 0 Å². The number of carbonyl (C=O) groups is 5. The molecule has 0 spiro atoms. The summed E-state index contributed by atoms with van der Waals surface area (Å²) in [5.41, 5.74) is -1.99. The highest BCUT2D eigenvalue weighted by atomic mass is 35.5. The summed E-state index contributed by atoms with van der Waals surface area (Å²) in [6.07, 6.45) is 2.32. The van der Waals surface area contributed by atoms with Gasteiger partial charge in [-0.05, 0) is 100 Å². The Morgan fingerprint density at radius 3 is 1.74 bits per heavy atom. The Hall–Kier alpha value is -3.41. The van der Waals surface area contributed by atoms with Crippen molar-refractivity contribution in [3.63, 3.8) is 0 Å². The minimum Gasteiger partial charge on any atom is -0.460 e. The number of unbranched alkanes of at least 4 members (excludes halogenated alkanes) is 1. The number of rotatable bonds is 13. The maximum Gasteiger partial charge on any atom is 0.329 e. The van der Waals surface area contributed by atoms with Gasteiger partial charge in [-0.1, -0.05) is 11.6 Å². The summed E-state index contributed by atoms with van der Waals surface area (Å²) in [5, 5.41) is 8.17. The number of halogens is 1. The fourth-order valence-electron chi connectivity index (χ4n) is 3.54. The lowest BCUT2D eigenvalue weighted by Crippen LogP contribution is -2.53. The van der Waals surface area contributed by atoms with Gasteiger partial charge in [0.2, 0.25) is 0 Å². The van der Waals surface area contributed by atoms with Crippen LogP contribution in [0.4, 0.5) is 4.79 Å². The van der Waals surface area contributed by atoms with E-state index in [1.807, 2.05) is 0 Å². The second-order valence-corrected chi connectivity index (χ2v) is 13.4. The smallest absolute Gasteiger partial charge is 0.329 e. The van der Waals surface area contributed by atoms with Crippen LogP contribution in [-0.4, -0.2) is 70.3 Å². The van der Waals surface area contributed by atoms with Gasteiger partial charge in [-0.25, -0.2) is 19.4 Å². The fourth-order valence-corrected chi connectivity index (χ4v) is 3.66. The Morgan fingerprint density at radius 2 is 1.28 bits per heavy atom. The minimum atomic E-state index is -1.18. The Labute approximate surface area is 259 Å². The normalized spacial score (nSPS) is 13.3. The molecule has 0 saturated carbocycles. The molecule has 3 N–H and O–H groups in total. The number of hydrogen-bond donors (Lipinski definition) is 3. The van der Waals surface area contributed by atoms with Gasteiger partial charge in [0, 0.05) is 19.2 Å². The molecule has 2 atom stereocenters. The lowest BCUT2D eigenvalue weighted by molar-refractivity contribution is -0.159. The number of aromatic nitrogens is 1. The summed E-state index contributed by atoms with van der Waals surface area (Å²) in [5.74, 6) is -2.23. The fraction of sp³-hybridized carbons (Fsp3) is 0.667. The summed E-state index contributed by atoms with van der Waals surface area (Å²) in [6.45, 7) is 15.7. The molecule has 3 amide bonds. The van der Waals surface area contributed by atoms with Crippen LogP contribution in [0, 0.1) is 0 Å². The van der Waals surface area contributed by atoms with E-state index in [1.54, 1.807) is 68.4 Å². The van der Waals surface area contributed by atoms with E-state index >= 15 is 0 Å². The molecule has 2 unspecified atom stereocenters. The van der Waals surface area contributed by atoms with Gasteiger partial charge in [-0.3, -0.25) is 9.59 Å². The molecule has 0 aromatic carbocycles. The summed E-state index contributed by atoms with van der Waals surface area (Å²) in [6, 6.07) is 0.0522. The van der Waals surface area contributed by atoms with Crippen LogP contribution in [0.3, 0.4) is 0 Å². The molecule has 242 valence electrons. The van der Waals surface area contributed by atoms with Crippen LogP contribution in [0.15, 0.2) is 18.3 Å². The highest BCUT2D eigenvalue weighted by molar-refractivity contribution is 6.29. The Balaban J connectivity index is 2.85. The maximum absolute atomic E-state index is 13.0. The number of amides is 3. The summed E-state index contributed by atoms with van der Waals surface area (Å²) < 4.78 is 16.2. The monoisotopic (exact) mass is 626 g/mol. The number of nitrogens with zero attached hydrogens (tertiary/aromatic N) is 1. The zero-order valence-electron chi connectivity index (χ0n) is 26.7. The van der Waals surface area contributed by atoms with Crippen molar-refractivity contribution in [3.05, 3.63) is 29.0 Å². The molecular formula is C30H47ClN4O8. The molecular weight excluding hydrogens is 580 g/mol. The first-order chi connectivity index (χ1) is 19.6. The molecule has 0 aliphatic rings. The predicted octanol–water partition coefficient (Wildman–Crippen LogP) is 4.48. The average molecular weight is 627 g/mol. The minimum absolute atomic E-state index is 0.0722. The predicted molar refractivity (Wildman–Crippen MR) is 161 cm³/mol. The zero-order chi connectivity index (χ0) is 33.0. The number of hydrogen-bond acceptors (Lipinski definition) is 9. The molecule has 1 aromatic rings. The van der Waals surface area contributed by atoms with Crippen molar-refractivity contribution in [2.75, 3.05) is 6.54 Å². The van der Waals surface area contributed by atoms with Crippen LogP contribution < -0.4 is 16.0 Å². The third kappa shape index (κ3) is 17.3. The van der Waals surface area contributed by atoms with E-state index < -0.39 is 52.8 Å². The van der Waals surface area contributed by atoms with Crippen LogP contribution in [-0.2, 0) is 28.6 Å². The van der Waals surface area contributed by atoms with E-state index in [0.717, 1.165) is 0 Å². The van der Waals surface area contributed by atoms with Crippen molar-refractivity contribution >= 4 is 41.4 Å². The van der Waals surface area contributed by atoms with Gasteiger partial charge in [-0.2, -0.15) is 0 Å². The van der Waals surface area contributed by atoms with Crippen molar-refractivity contribution in [1.29, 1.82) is 0 Å². The van der Waals surface area contributed by atoms with Gasteiger partial charge in [0.25, 0.3) is 5.91 Å². The van der Waals surface area contributed by atoms with E-state index in [1.165, 1.54) is 12.3 Å². The van der Waals surface area contributed by atoms with Crippen LogP contribution >= 0.6 is 11.6 Å². The molecule has 0 saturated heterocycles. The first-order valence-electron chi connectivity index (χ1n) is 14.3. The van der Waals surface area contributed by atoms with Crippen molar-refractivity contribution in [1.82, 2.24) is 20.9 Å². The molecule has 0 bridgehead atoms. The molecule has 1 rings (SSSR count). The zero-order valence-corrected chi connectivity index (χ0v) is 27.5. The van der Waals surface area contributed by atoms with Crippen molar-refractivity contribution in [3.8, 4) is 0 Å². The van der Waals surface area contributed by atoms with Crippen molar-refractivity contribution < 1.29 is 38.2 Å². The Morgan fingerprint density at radius 1 is 0.767 bits per heavy atom. The van der Waals surface area contributed by atoms with E-state index in [9.17, 15) is 24.0 Å². The Bertz CT molecular complexity index is 1110. The topological polar surface area (TPSA) is 162 Å². The largest absolute Gasteiger partial charge is 0.460 e. The highest BCUT2D eigenvalue weighted by Crippen LogP contribution is 2.15. The summed E-state index contributed by atoms with van der Waals surface area (Å²) in [7, 11) is 0. The second kappa shape index (κ2) is 16.4. The number of esters is 3. The third-order valence-electron chi connectivity index (χ3n) is 5.25. The summed E-state index contributed by atoms with van der Waals surface area (Å²) in [4.78, 5) is 67.2. The molecule has 1 aromatic heterocycles. The lowest BCUT2D eigenvalue weighted by Gasteiger charge is -2.27. The van der Waals surface area contributed by atoms with Gasteiger partial charge in [0.05, 0.1) is 5.56 Å². The van der Waals surface area contributed by atoms with Crippen LogP contribution in [0.5, 0.6) is 0 Å². The number of urea groups is 1.